The Balaban J connectivity index is 1.97. The summed E-state index contributed by atoms with van der Waals surface area (Å²) in [7, 11) is 0. The Kier molecular flexibility index (Phi) is 4.99. The number of rotatable bonds is 5. The van der Waals surface area contributed by atoms with Crippen molar-refractivity contribution in [1.29, 1.82) is 0 Å². The van der Waals surface area contributed by atoms with Gasteiger partial charge in [-0.3, -0.25) is 4.79 Å². The molecule has 3 nitrogen and oxygen atoms in total. The smallest absolute Gasteiger partial charge is 0.265 e. The number of ether oxygens (including phenoxy) is 1. The number of hydrogen-bond donors (Lipinski definition) is 1. The Hall–Kier alpha value is -1.33. The summed E-state index contributed by atoms with van der Waals surface area (Å²) in [6.07, 6.45) is 0.978. The van der Waals surface area contributed by atoms with Crippen LogP contribution in [0.25, 0.3) is 0 Å². The summed E-state index contributed by atoms with van der Waals surface area (Å²) in [5.74, 6) is 0.719. The molecule has 19 heavy (non-hydrogen) atoms. The maximum atomic E-state index is 11.9. The normalized spacial score (nSPS) is 10.2. The Morgan fingerprint density at radius 1 is 1.26 bits per heavy atom. The van der Waals surface area contributed by atoms with E-state index in [1.54, 1.807) is 6.07 Å². The number of amides is 1. The van der Waals surface area contributed by atoms with Crippen molar-refractivity contribution < 1.29 is 9.53 Å². The van der Waals surface area contributed by atoms with Crippen molar-refractivity contribution in [3.63, 3.8) is 0 Å². The van der Waals surface area contributed by atoms with E-state index < -0.39 is 0 Å². The van der Waals surface area contributed by atoms with Gasteiger partial charge in [-0.1, -0.05) is 6.92 Å². The molecule has 0 saturated carbocycles. The lowest BCUT2D eigenvalue weighted by molar-refractivity contribution is 0.103. The minimum Gasteiger partial charge on any atom is -0.494 e. The molecule has 1 amide bonds. The van der Waals surface area contributed by atoms with E-state index >= 15 is 0 Å². The largest absolute Gasteiger partial charge is 0.494 e. The Bertz CT molecular complexity index is 551. The molecule has 1 aromatic carbocycles. The Morgan fingerprint density at radius 3 is 2.58 bits per heavy atom. The minimum absolute atomic E-state index is 0.0991. The van der Waals surface area contributed by atoms with E-state index in [1.165, 1.54) is 11.3 Å². The summed E-state index contributed by atoms with van der Waals surface area (Å²) in [6.45, 7) is 2.77. The molecule has 1 aromatic heterocycles. The van der Waals surface area contributed by atoms with Gasteiger partial charge in [-0.15, -0.1) is 11.3 Å². The van der Waals surface area contributed by atoms with Gasteiger partial charge in [-0.05, 0) is 58.7 Å². The lowest BCUT2D eigenvalue weighted by Crippen LogP contribution is -2.09. The van der Waals surface area contributed by atoms with Crippen LogP contribution in [0.4, 0.5) is 5.69 Å². The zero-order valence-electron chi connectivity index (χ0n) is 10.5. The summed E-state index contributed by atoms with van der Waals surface area (Å²) in [6, 6.07) is 11.0. The van der Waals surface area contributed by atoms with Gasteiger partial charge < -0.3 is 10.1 Å². The van der Waals surface area contributed by atoms with Crippen molar-refractivity contribution >= 4 is 38.9 Å². The van der Waals surface area contributed by atoms with E-state index in [2.05, 4.69) is 28.2 Å². The molecule has 0 spiro atoms. The fraction of sp³-hybridized carbons (Fsp3) is 0.214. The molecule has 2 aromatic rings. The molecule has 0 radical (unpaired) electrons. The van der Waals surface area contributed by atoms with E-state index in [4.69, 9.17) is 4.74 Å². The van der Waals surface area contributed by atoms with Crippen LogP contribution in [0, 0.1) is 0 Å². The molecule has 0 aliphatic heterocycles. The maximum absolute atomic E-state index is 11.9. The number of hydrogen-bond acceptors (Lipinski definition) is 3. The zero-order valence-corrected chi connectivity index (χ0v) is 12.9. The third kappa shape index (κ3) is 4.08. The van der Waals surface area contributed by atoms with Crippen LogP contribution in [0.15, 0.2) is 40.2 Å². The lowest BCUT2D eigenvalue weighted by atomic mass is 10.3. The number of thiophene rings is 1. The second-order valence-electron chi connectivity index (χ2n) is 3.93. The average molecular weight is 340 g/mol. The van der Waals surface area contributed by atoms with Crippen LogP contribution < -0.4 is 10.1 Å². The molecule has 100 valence electrons. The molecule has 1 N–H and O–H groups in total. The SMILES string of the molecule is CCCOc1ccc(NC(=O)c2ccc(Br)s2)cc1. The molecule has 0 unspecified atom stereocenters. The van der Waals surface area contributed by atoms with Crippen LogP contribution in [0.3, 0.4) is 0 Å². The maximum Gasteiger partial charge on any atom is 0.265 e. The number of anilines is 1. The van der Waals surface area contributed by atoms with Gasteiger partial charge in [0.25, 0.3) is 5.91 Å². The molecule has 0 fully saturated rings. The van der Waals surface area contributed by atoms with E-state index in [0.717, 1.165) is 21.6 Å². The van der Waals surface area contributed by atoms with Crippen LogP contribution in [0.2, 0.25) is 0 Å². The van der Waals surface area contributed by atoms with Gasteiger partial charge in [0.15, 0.2) is 0 Å². The first-order valence-corrected chi connectivity index (χ1v) is 7.59. The summed E-state index contributed by atoms with van der Waals surface area (Å²) in [5, 5.41) is 2.85. The van der Waals surface area contributed by atoms with Crippen LogP contribution in [0.1, 0.15) is 23.0 Å². The van der Waals surface area contributed by atoms with E-state index in [1.807, 2.05) is 30.3 Å². The van der Waals surface area contributed by atoms with Crippen molar-refractivity contribution in [2.45, 2.75) is 13.3 Å². The van der Waals surface area contributed by atoms with Gasteiger partial charge >= 0.3 is 0 Å². The molecular formula is C14H14BrNO2S. The number of halogens is 1. The van der Waals surface area contributed by atoms with Crippen molar-refractivity contribution in [1.82, 2.24) is 0 Å². The molecule has 2 rings (SSSR count). The zero-order chi connectivity index (χ0) is 13.7. The molecule has 0 aliphatic rings. The summed E-state index contributed by atoms with van der Waals surface area (Å²) in [4.78, 5) is 12.6. The average Bonchev–Trinajstić information content (AvgIpc) is 2.85. The topological polar surface area (TPSA) is 38.3 Å². The third-order valence-electron chi connectivity index (χ3n) is 2.38. The fourth-order valence-electron chi connectivity index (χ4n) is 1.48. The van der Waals surface area contributed by atoms with Gasteiger partial charge in [-0.25, -0.2) is 0 Å². The van der Waals surface area contributed by atoms with Crippen molar-refractivity contribution in [3.8, 4) is 5.75 Å². The molecule has 0 saturated heterocycles. The summed E-state index contributed by atoms with van der Waals surface area (Å²) in [5.41, 5.74) is 0.762. The van der Waals surface area contributed by atoms with Gasteiger partial charge in [0.1, 0.15) is 5.75 Å². The van der Waals surface area contributed by atoms with Gasteiger partial charge in [0.2, 0.25) is 0 Å². The number of carbonyl (C=O) groups is 1. The van der Waals surface area contributed by atoms with Crippen molar-refractivity contribution in [2.24, 2.45) is 0 Å². The van der Waals surface area contributed by atoms with Crippen LogP contribution in [-0.2, 0) is 0 Å². The quantitative estimate of drug-likeness (QED) is 0.867. The molecule has 0 bridgehead atoms. The summed E-state index contributed by atoms with van der Waals surface area (Å²) >= 11 is 4.75. The van der Waals surface area contributed by atoms with Gasteiger partial charge in [0.05, 0.1) is 15.3 Å². The third-order valence-corrected chi connectivity index (χ3v) is 4.00. The molecular weight excluding hydrogens is 326 g/mol. The number of nitrogens with one attached hydrogen (secondary N) is 1. The number of benzene rings is 1. The number of carbonyl (C=O) groups excluding carboxylic acids is 1. The monoisotopic (exact) mass is 339 g/mol. The first kappa shape index (κ1) is 14.1. The van der Waals surface area contributed by atoms with Crippen LogP contribution in [-0.4, -0.2) is 12.5 Å². The predicted molar refractivity (Wildman–Crippen MR) is 82.2 cm³/mol. The van der Waals surface area contributed by atoms with Crippen molar-refractivity contribution in [3.05, 3.63) is 45.1 Å². The molecule has 0 atom stereocenters. The first-order valence-electron chi connectivity index (χ1n) is 5.98. The highest BCUT2D eigenvalue weighted by Crippen LogP contribution is 2.23. The second kappa shape index (κ2) is 6.73. The van der Waals surface area contributed by atoms with Crippen LogP contribution >= 0.6 is 27.3 Å². The first-order chi connectivity index (χ1) is 9.19. The fourth-order valence-corrected chi connectivity index (χ4v) is 2.76. The van der Waals surface area contributed by atoms with Gasteiger partial charge in [-0.2, -0.15) is 0 Å². The summed E-state index contributed by atoms with van der Waals surface area (Å²) < 4.78 is 6.43. The highest BCUT2D eigenvalue weighted by Gasteiger charge is 2.08. The predicted octanol–water partition coefficient (Wildman–Crippen LogP) is 4.55. The van der Waals surface area contributed by atoms with Crippen LogP contribution in [0.5, 0.6) is 5.75 Å². The molecule has 0 aliphatic carbocycles. The van der Waals surface area contributed by atoms with Gasteiger partial charge in [0, 0.05) is 5.69 Å². The van der Waals surface area contributed by atoms with E-state index in [0.29, 0.717) is 11.5 Å². The van der Waals surface area contributed by atoms with E-state index in [-0.39, 0.29) is 5.91 Å². The Labute approximate surface area is 124 Å². The highest BCUT2D eigenvalue weighted by atomic mass is 79.9. The molecule has 5 heteroatoms. The second-order valence-corrected chi connectivity index (χ2v) is 6.39. The van der Waals surface area contributed by atoms with Crippen molar-refractivity contribution in [2.75, 3.05) is 11.9 Å². The van der Waals surface area contributed by atoms with E-state index in [9.17, 15) is 4.79 Å². The highest BCUT2D eigenvalue weighted by molar-refractivity contribution is 9.11. The molecule has 1 heterocycles. The Morgan fingerprint density at radius 2 is 2.00 bits per heavy atom. The lowest BCUT2D eigenvalue weighted by Gasteiger charge is -2.06. The standard InChI is InChI=1S/C14H14BrNO2S/c1-2-9-18-11-5-3-10(4-6-11)16-14(17)12-7-8-13(15)19-12/h3-8H,2,9H2,1H3,(H,16,17). The minimum atomic E-state index is -0.0991.